The SMILES string of the molecule is COc1ccc(-c2nc(C)n(C)c2C#N)cc1Br. The average molecular weight is 306 g/mol. The molecule has 0 saturated heterocycles. The molecule has 0 fully saturated rings. The Hall–Kier alpha value is -1.80. The lowest BCUT2D eigenvalue weighted by atomic mass is 10.1. The molecule has 1 aromatic heterocycles. The molecule has 0 N–H and O–H groups in total. The summed E-state index contributed by atoms with van der Waals surface area (Å²) in [7, 11) is 3.45. The van der Waals surface area contributed by atoms with Gasteiger partial charge in [0.05, 0.1) is 11.6 Å². The molecule has 0 bridgehead atoms. The summed E-state index contributed by atoms with van der Waals surface area (Å²) < 4.78 is 7.81. The van der Waals surface area contributed by atoms with Gasteiger partial charge in [-0.3, -0.25) is 0 Å². The van der Waals surface area contributed by atoms with Gasteiger partial charge in [-0.05, 0) is 41.1 Å². The molecule has 0 saturated carbocycles. The predicted octanol–water partition coefficient (Wildman–Crippen LogP) is 3.04. The lowest BCUT2D eigenvalue weighted by molar-refractivity contribution is 0.412. The number of rotatable bonds is 2. The van der Waals surface area contributed by atoms with Gasteiger partial charge in [-0.2, -0.15) is 5.26 Å². The molecule has 0 radical (unpaired) electrons. The van der Waals surface area contributed by atoms with Gasteiger partial charge < -0.3 is 9.30 Å². The zero-order valence-electron chi connectivity index (χ0n) is 10.4. The van der Waals surface area contributed by atoms with Gasteiger partial charge in [0, 0.05) is 12.6 Å². The summed E-state index contributed by atoms with van der Waals surface area (Å²) in [5.74, 6) is 1.57. The van der Waals surface area contributed by atoms with Crippen molar-refractivity contribution in [1.29, 1.82) is 5.26 Å². The number of ether oxygens (including phenoxy) is 1. The third-order valence-corrected chi connectivity index (χ3v) is 3.47. The minimum Gasteiger partial charge on any atom is -0.496 e. The van der Waals surface area contributed by atoms with Gasteiger partial charge in [0.25, 0.3) is 0 Å². The molecule has 0 atom stereocenters. The van der Waals surface area contributed by atoms with Crippen LogP contribution in [0.15, 0.2) is 22.7 Å². The topological polar surface area (TPSA) is 50.8 Å². The largest absolute Gasteiger partial charge is 0.496 e. The van der Waals surface area contributed by atoms with Gasteiger partial charge in [-0.15, -0.1) is 0 Å². The molecule has 0 amide bonds. The zero-order chi connectivity index (χ0) is 13.3. The van der Waals surface area contributed by atoms with E-state index in [1.165, 1.54) is 0 Å². The number of aryl methyl sites for hydroxylation is 1. The lowest BCUT2D eigenvalue weighted by Crippen LogP contribution is -1.94. The summed E-state index contributed by atoms with van der Waals surface area (Å²) in [6.45, 7) is 1.88. The fraction of sp³-hybridized carbons (Fsp3) is 0.231. The smallest absolute Gasteiger partial charge is 0.147 e. The van der Waals surface area contributed by atoms with E-state index >= 15 is 0 Å². The van der Waals surface area contributed by atoms with Gasteiger partial charge in [0.1, 0.15) is 29.0 Å². The Balaban J connectivity index is 2.60. The van der Waals surface area contributed by atoms with E-state index in [0.717, 1.165) is 21.6 Å². The molecule has 0 unspecified atom stereocenters. The monoisotopic (exact) mass is 305 g/mol. The number of imidazole rings is 1. The first kappa shape index (κ1) is 12.7. The standard InChI is InChI=1S/C13H12BrN3O/c1-8-16-13(11(7-15)17(8)2)9-4-5-12(18-3)10(14)6-9/h4-6H,1-3H3. The molecule has 92 valence electrons. The molecule has 0 aliphatic carbocycles. The molecule has 1 heterocycles. The van der Waals surface area contributed by atoms with Crippen LogP contribution in [0.1, 0.15) is 11.5 Å². The summed E-state index contributed by atoms with van der Waals surface area (Å²) >= 11 is 3.43. The molecule has 5 heteroatoms. The summed E-state index contributed by atoms with van der Waals surface area (Å²) in [6, 6.07) is 7.84. The summed E-state index contributed by atoms with van der Waals surface area (Å²) in [5, 5.41) is 9.20. The van der Waals surface area contributed by atoms with Crippen molar-refractivity contribution in [2.75, 3.05) is 7.11 Å². The van der Waals surface area contributed by atoms with E-state index in [1.54, 1.807) is 11.7 Å². The minimum atomic E-state index is 0.560. The normalized spacial score (nSPS) is 10.2. The fourth-order valence-electron chi connectivity index (χ4n) is 1.75. The van der Waals surface area contributed by atoms with Crippen LogP contribution in [-0.4, -0.2) is 16.7 Å². The second kappa shape index (κ2) is 4.83. The van der Waals surface area contributed by atoms with Crippen LogP contribution in [-0.2, 0) is 7.05 Å². The summed E-state index contributed by atoms with van der Waals surface area (Å²) in [5.41, 5.74) is 2.15. The highest BCUT2D eigenvalue weighted by molar-refractivity contribution is 9.10. The summed E-state index contributed by atoms with van der Waals surface area (Å²) in [4.78, 5) is 4.43. The number of benzene rings is 1. The molecule has 2 aromatic rings. The number of halogens is 1. The van der Waals surface area contributed by atoms with E-state index in [2.05, 4.69) is 27.0 Å². The quantitative estimate of drug-likeness (QED) is 0.857. The van der Waals surface area contributed by atoms with E-state index in [4.69, 9.17) is 4.74 Å². The number of aromatic nitrogens is 2. The van der Waals surface area contributed by atoms with Crippen LogP contribution in [0.25, 0.3) is 11.3 Å². The van der Waals surface area contributed by atoms with Crippen molar-refractivity contribution in [3.05, 3.63) is 34.2 Å². The highest BCUT2D eigenvalue weighted by atomic mass is 79.9. The maximum absolute atomic E-state index is 9.20. The van der Waals surface area contributed by atoms with Crippen molar-refractivity contribution in [2.24, 2.45) is 7.05 Å². The number of methoxy groups -OCH3 is 1. The first-order valence-corrected chi connectivity index (χ1v) is 6.15. The zero-order valence-corrected chi connectivity index (χ0v) is 11.9. The lowest BCUT2D eigenvalue weighted by Gasteiger charge is -2.05. The van der Waals surface area contributed by atoms with Crippen molar-refractivity contribution < 1.29 is 4.74 Å². The number of hydrogen-bond donors (Lipinski definition) is 0. The van der Waals surface area contributed by atoms with Crippen LogP contribution in [0.2, 0.25) is 0 Å². The van der Waals surface area contributed by atoms with Crippen LogP contribution >= 0.6 is 15.9 Å². The van der Waals surface area contributed by atoms with Gasteiger partial charge in [-0.1, -0.05) is 0 Å². The fourth-order valence-corrected chi connectivity index (χ4v) is 2.29. The second-order valence-electron chi connectivity index (χ2n) is 3.88. The minimum absolute atomic E-state index is 0.560. The second-order valence-corrected chi connectivity index (χ2v) is 4.73. The Morgan fingerprint density at radius 2 is 2.17 bits per heavy atom. The van der Waals surface area contributed by atoms with E-state index in [0.29, 0.717) is 11.4 Å². The van der Waals surface area contributed by atoms with Crippen LogP contribution in [0.4, 0.5) is 0 Å². The first-order chi connectivity index (χ1) is 8.58. The van der Waals surface area contributed by atoms with Crippen LogP contribution in [0.3, 0.4) is 0 Å². The third-order valence-electron chi connectivity index (χ3n) is 2.85. The van der Waals surface area contributed by atoms with Gasteiger partial charge in [-0.25, -0.2) is 4.98 Å². The van der Waals surface area contributed by atoms with Crippen LogP contribution in [0.5, 0.6) is 5.75 Å². The number of nitrogens with zero attached hydrogens (tertiary/aromatic N) is 3. The van der Waals surface area contributed by atoms with Gasteiger partial charge >= 0.3 is 0 Å². The first-order valence-electron chi connectivity index (χ1n) is 5.35. The van der Waals surface area contributed by atoms with Crippen molar-refractivity contribution in [3.63, 3.8) is 0 Å². The van der Waals surface area contributed by atoms with Crippen molar-refractivity contribution >= 4 is 15.9 Å². The van der Waals surface area contributed by atoms with E-state index in [9.17, 15) is 5.26 Å². The Kier molecular flexibility index (Phi) is 3.39. The van der Waals surface area contributed by atoms with Crippen LogP contribution in [0, 0.1) is 18.3 Å². The molecule has 0 aliphatic heterocycles. The van der Waals surface area contributed by atoms with Gasteiger partial charge in [0.2, 0.25) is 0 Å². The molecule has 4 nitrogen and oxygen atoms in total. The highest BCUT2D eigenvalue weighted by Gasteiger charge is 2.14. The van der Waals surface area contributed by atoms with Gasteiger partial charge in [0.15, 0.2) is 0 Å². The molecular weight excluding hydrogens is 294 g/mol. The summed E-state index contributed by atoms with van der Waals surface area (Å²) in [6.07, 6.45) is 0. The molecule has 1 aromatic carbocycles. The Bertz CT molecular complexity index is 640. The molecule has 0 spiro atoms. The van der Waals surface area contributed by atoms with E-state index < -0.39 is 0 Å². The maximum atomic E-state index is 9.20. The van der Waals surface area contributed by atoms with Crippen molar-refractivity contribution in [3.8, 4) is 23.1 Å². The average Bonchev–Trinajstić information content (AvgIpc) is 2.65. The Morgan fingerprint density at radius 1 is 1.44 bits per heavy atom. The molecular formula is C13H12BrN3O. The van der Waals surface area contributed by atoms with Crippen molar-refractivity contribution in [2.45, 2.75) is 6.92 Å². The number of hydrogen-bond acceptors (Lipinski definition) is 3. The maximum Gasteiger partial charge on any atom is 0.147 e. The molecule has 18 heavy (non-hydrogen) atoms. The van der Waals surface area contributed by atoms with Crippen LogP contribution < -0.4 is 4.74 Å². The highest BCUT2D eigenvalue weighted by Crippen LogP contribution is 2.31. The third kappa shape index (κ3) is 2.00. The predicted molar refractivity (Wildman–Crippen MR) is 72.3 cm³/mol. The van der Waals surface area contributed by atoms with Crippen molar-refractivity contribution in [1.82, 2.24) is 9.55 Å². The molecule has 2 rings (SSSR count). The Labute approximate surface area is 114 Å². The Morgan fingerprint density at radius 3 is 2.72 bits per heavy atom. The van der Waals surface area contributed by atoms with E-state index in [1.807, 2.05) is 32.2 Å². The number of nitriles is 1. The molecule has 0 aliphatic rings. The van der Waals surface area contributed by atoms with E-state index in [-0.39, 0.29) is 0 Å².